The van der Waals surface area contributed by atoms with Gasteiger partial charge in [-0.2, -0.15) is 0 Å². The van der Waals surface area contributed by atoms with Crippen molar-refractivity contribution in [1.29, 1.82) is 0 Å². The van der Waals surface area contributed by atoms with Crippen LogP contribution in [-0.4, -0.2) is 24.4 Å². The first kappa shape index (κ1) is 16.0. The van der Waals surface area contributed by atoms with Gasteiger partial charge in [0.05, 0.1) is 16.7 Å². The maximum atomic E-state index is 13.9. The molecule has 1 heterocycles. The molecule has 0 bridgehead atoms. The summed E-state index contributed by atoms with van der Waals surface area (Å²) in [6.45, 7) is 1.55. The van der Waals surface area contributed by atoms with Gasteiger partial charge in [-0.1, -0.05) is 33.6 Å². The fourth-order valence-electron chi connectivity index (χ4n) is 2.40. The Hall–Kier alpha value is -1.86. The molecular weight excluding hydrogens is 385 g/mol. The van der Waals surface area contributed by atoms with Crippen LogP contribution in [0.25, 0.3) is 12.0 Å². The SMILES string of the molecule is Cc1ccc(S(=O)(=O)N2C=c3c(Br)ccc(F)c3=C(O)C2)cc1. The third kappa shape index (κ3) is 2.74. The van der Waals surface area contributed by atoms with Gasteiger partial charge in [0.1, 0.15) is 11.6 Å². The number of aliphatic hydroxyl groups is 1. The van der Waals surface area contributed by atoms with E-state index in [9.17, 15) is 17.9 Å². The van der Waals surface area contributed by atoms with Crippen molar-refractivity contribution in [2.75, 3.05) is 6.54 Å². The molecule has 1 N–H and O–H groups in total. The highest BCUT2D eigenvalue weighted by atomic mass is 79.9. The van der Waals surface area contributed by atoms with E-state index < -0.39 is 15.8 Å². The zero-order valence-electron chi connectivity index (χ0n) is 12.1. The van der Waals surface area contributed by atoms with Crippen molar-refractivity contribution in [2.45, 2.75) is 11.8 Å². The molecule has 23 heavy (non-hydrogen) atoms. The van der Waals surface area contributed by atoms with Crippen LogP contribution in [0.15, 0.2) is 45.8 Å². The van der Waals surface area contributed by atoms with Crippen LogP contribution < -0.4 is 10.4 Å². The predicted molar refractivity (Wildman–Crippen MR) is 88.9 cm³/mol. The number of rotatable bonds is 2. The first-order valence-electron chi connectivity index (χ1n) is 6.77. The van der Waals surface area contributed by atoms with Crippen LogP contribution in [-0.2, 0) is 10.0 Å². The highest BCUT2D eigenvalue weighted by molar-refractivity contribution is 9.10. The minimum absolute atomic E-state index is 0.0229. The molecule has 1 aliphatic heterocycles. The van der Waals surface area contributed by atoms with Crippen molar-refractivity contribution in [2.24, 2.45) is 0 Å². The molecule has 0 aliphatic carbocycles. The van der Waals surface area contributed by atoms with Crippen molar-refractivity contribution < 1.29 is 17.9 Å². The van der Waals surface area contributed by atoms with E-state index in [4.69, 9.17) is 0 Å². The van der Waals surface area contributed by atoms with Gasteiger partial charge in [0.2, 0.25) is 0 Å². The summed E-state index contributed by atoms with van der Waals surface area (Å²) < 4.78 is 40.8. The molecular formula is C16H13BrFNO3S. The van der Waals surface area contributed by atoms with E-state index >= 15 is 0 Å². The molecule has 2 aromatic carbocycles. The molecule has 0 atom stereocenters. The molecule has 0 saturated heterocycles. The number of benzene rings is 2. The summed E-state index contributed by atoms with van der Waals surface area (Å²) in [5.74, 6) is -0.915. The molecule has 0 amide bonds. The van der Waals surface area contributed by atoms with Crippen molar-refractivity contribution >= 4 is 37.9 Å². The molecule has 0 unspecified atom stereocenters. The average molecular weight is 398 g/mol. The summed E-state index contributed by atoms with van der Waals surface area (Å²) in [6.07, 6.45) is 1.33. The van der Waals surface area contributed by atoms with Gasteiger partial charge in [0.15, 0.2) is 0 Å². The normalized spacial score (nSPS) is 14.4. The lowest BCUT2D eigenvalue weighted by Crippen LogP contribution is -2.43. The molecule has 4 nitrogen and oxygen atoms in total. The fraction of sp³-hybridized carbons (Fsp3) is 0.125. The summed E-state index contributed by atoms with van der Waals surface area (Å²) in [7, 11) is -3.83. The number of aliphatic hydroxyl groups excluding tert-OH is 1. The number of sulfonamides is 1. The topological polar surface area (TPSA) is 57.6 Å². The van der Waals surface area contributed by atoms with E-state index in [0.29, 0.717) is 9.69 Å². The van der Waals surface area contributed by atoms with Gasteiger partial charge in [-0.25, -0.2) is 12.8 Å². The summed E-state index contributed by atoms with van der Waals surface area (Å²) in [6, 6.07) is 9.10. The largest absolute Gasteiger partial charge is 0.510 e. The first-order chi connectivity index (χ1) is 10.8. The highest BCUT2D eigenvalue weighted by Gasteiger charge is 2.26. The lowest BCUT2D eigenvalue weighted by atomic mass is 10.2. The molecule has 1 aliphatic rings. The molecule has 120 valence electrons. The van der Waals surface area contributed by atoms with Gasteiger partial charge in [-0.3, -0.25) is 4.31 Å². The Kier molecular flexibility index (Phi) is 3.93. The minimum atomic E-state index is -3.83. The van der Waals surface area contributed by atoms with Crippen molar-refractivity contribution in [3.8, 4) is 0 Å². The standard InChI is InChI=1S/C16H13BrFNO3S/c1-10-2-4-11(5-3-10)23(21,22)19-8-12-13(17)6-7-14(18)16(12)15(20)9-19/h2-8,20H,9H2,1H3. The van der Waals surface area contributed by atoms with Crippen LogP contribution >= 0.6 is 15.9 Å². The third-order valence-corrected chi connectivity index (χ3v) is 6.05. The van der Waals surface area contributed by atoms with E-state index in [1.807, 2.05) is 6.92 Å². The van der Waals surface area contributed by atoms with Crippen LogP contribution in [0.3, 0.4) is 0 Å². The average Bonchev–Trinajstić information content (AvgIpc) is 2.51. The lowest BCUT2D eigenvalue weighted by molar-refractivity contribution is 0.441. The molecule has 3 rings (SSSR count). The number of nitrogens with zero attached hydrogens (tertiary/aromatic N) is 1. The maximum absolute atomic E-state index is 13.9. The van der Waals surface area contributed by atoms with E-state index in [1.165, 1.54) is 30.5 Å². The predicted octanol–water partition coefficient (Wildman–Crippen LogP) is 2.01. The first-order valence-corrected chi connectivity index (χ1v) is 9.00. The molecule has 0 aromatic heterocycles. The van der Waals surface area contributed by atoms with E-state index in [2.05, 4.69) is 15.9 Å². The Balaban J connectivity index is 2.18. The van der Waals surface area contributed by atoms with Crippen LogP contribution in [0.1, 0.15) is 5.56 Å². The number of hydrogen-bond donors (Lipinski definition) is 1. The molecule has 0 fully saturated rings. The zero-order valence-corrected chi connectivity index (χ0v) is 14.5. The number of fused-ring (bicyclic) bond motifs is 1. The Morgan fingerprint density at radius 3 is 2.48 bits per heavy atom. The van der Waals surface area contributed by atoms with Crippen molar-refractivity contribution in [3.05, 3.63) is 62.7 Å². The van der Waals surface area contributed by atoms with Crippen molar-refractivity contribution in [3.63, 3.8) is 0 Å². The molecule has 0 radical (unpaired) electrons. The fourth-order valence-corrected chi connectivity index (χ4v) is 4.12. The Labute approximate surface area is 141 Å². The van der Waals surface area contributed by atoms with Crippen LogP contribution in [0.4, 0.5) is 4.39 Å². The second kappa shape index (κ2) is 5.65. The van der Waals surface area contributed by atoms with Gasteiger partial charge < -0.3 is 5.11 Å². The third-order valence-electron chi connectivity index (χ3n) is 3.64. The van der Waals surface area contributed by atoms with Gasteiger partial charge in [-0.15, -0.1) is 0 Å². The molecule has 2 aromatic rings. The van der Waals surface area contributed by atoms with Crippen LogP contribution in [0, 0.1) is 12.7 Å². The van der Waals surface area contributed by atoms with E-state index in [0.717, 1.165) is 9.87 Å². The molecule has 0 saturated carbocycles. The molecule has 0 spiro atoms. The molecule has 7 heteroatoms. The second-order valence-corrected chi connectivity index (χ2v) is 8.00. The number of halogens is 2. The minimum Gasteiger partial charge on any atom is -0.510 e. The Morgan fingerprint density at radius 2 is 1.83 bits per heavy atom. The van der Waals surface area contributed by atoms with Gasteiger partial charge in [0, 0.05) is 15.9 Å². The van der Waals surface area contributed by atoms with Crippen molar-refractivity contribution in [1.82, 2.24) is 4.31 Å². The Bertz CT molecular complexity index is 1000. The van der Waals surface area contributed by atoms with Gasteiger partial charge in [-0.05, 0) is 31.2 Å². The summed E-state index contributed by atoms with van der Waals surface area (Å²) in [5.41, 5.74) is 0.941. The van der Waals surface area contributed by atoms with Gasteiger partial charge in [0.25, 0.3) is 10.0 Å². The Morgan fingerprint density at radius 1 is 1.17 bits per heavy atom. The maximum Gasteiger partial charge on any atom is 0.264 e. The lowest BCUT2D eigenvalue weighted by Gasteiger charge is -2.23. The monoisotopic (exact) mass is 397 g/mol. The number of aryl methyl sites for hydroxylation is 1. The number of hydrogen-bond acceptors (Lipinski definition) is 3. The quantitative estimate of drug-likeness (QED) is 0.842. The van der Waals surface area contributed by atoms with E-state index in [1.54, 1.807) is 12.1 Å². The zero-order chi connectivity index (χ0) is 16.8. The van der Waals surface area contributed by atoms with Crippen LogP contribution in [0.2, 0.25) is 0 Å². The summed E-state index contributed by atoms with van der Waals surface area (Å²) in [4.78, 5) is 0.114. The summed E-state index contributed by atoms with van der Waals surface area (Å²) >= 11 is 3.26. The van der Waals surface area contributed by atoms with Crippen LogP contribution in [0.5, 0.6) is 0 Å². The van der Waals surface area contributed by atoms with E-state index in [-0.39, 0.29) is 22.4 Å². The summed E-state index contributed by atoms with van der Waals surface area (Å²) in [5, 5.41) is 10.4. The van der Waals surface area contributed by atoms with Gasteiger partial charge >= 0.3 is 0 Å². The highest BCUT2D eigenvalue weighted by Crippen LogP contribution is 2.19. The second-order valence-electron chi connectivity index (χ2n) is 5.26. The smallest absolute Gasteiger partial charge is 0.264 e.